The molecule has 2 aromatic carbocycles. The lowest BCUT2D eigenvalue weighted by Crippen LogP contribution is -2.49. The van der Waals surface area contributed by atoms with Gasteiger partial charge in [0.15, 0.2) is 18.1 Å². The molecule has 1 aliphatic rings. The number of amides is 1. The third-order valence-corrected chi connectivity index (χ3v) is 4.92. The molecule has 0 spiro atoms. The number of methoxy groups -OCH3 is 2. The average molecular weight is 395 g/mol. The highest BCUT2D eigenvalue weighted by atomic mass is 16.5. The fourth-order valence-corrected chi connectivity index (χ4v) is 3.25. The molecule has 29 heavy (non-hydrogen) atoms. The van der Waals surface area contributed by atoms with E-state index in [1.165, 1.54) is 0 Å². The number of rotatable bonds is 7. The predicted octanol–water partition coefficient (Wildman–Crippen LogP) is 2.30. The van der Waals surface area contributed by atoms with Gasteiger partial charge in [0, 0.05) is 32.7 Å². The van der Waals surface area contributed by atoms with Crippen molar-refractivity contribution in [2.24, 2.45) is 0 Å². The summed E-state index contributed by atoms with van der Waals surface area (Å²) in [5.74, 6) is 2.00. The van der Waals surface area contributed by atoms with Crippen LogP contribution in [0, 0.1) is 11.3 Å². The first-order valence-electron chi connectivity index (χ1n) is 9.47. The highest BCUT2D eigenvalue weighted by Crippen LogP contribution is 2.28. The number of carbonyl (C=O) groups excluding carboxylic acids is 1. The van der Waals surface area contributed by atoms with Crippen LogP contribution in [-0.2, 0) is 11.3 Å². The second-order valence-corrected chi connectivity index (χ2v) is 6.77. The minimum atomic E-state index is -0.0277. The molecule has 0 aromatic heterocycles. The van der Waals surface area contributed by atoms with Crippen LogP contribution >= 0.6 is 0 Å². The van der Waals surface area contributed by atoms with E-state index >= 15 is 0 Å². The van der Waals surface area contributed by atoms with Gasteiger partial charge in [0.2, 0.25) is 0 Å². The Morgan fingerprint density at radius 3 is 2.31 bits per heavy atom. The fraction of sp³-hybridized carbons (Fsp3) is 0.364. The Kier molecular flexibility index (Phi) is 6.93. The van der Waals surface area contributed by atoms with Gasteiger partial charge in [-0.15, -0.1) is 0 Å². The predicted molar refractivity (Wildman–Crippen MR) is 108 cm³/mol. The average Bonchev–Trinajstić information content (AvgIpc) is 2.78. The van der Waals surface area contributed by atoms with Crippen molar-refractivity contribution in [3.8, 4) is 23.3 Å². The van der Waals surface area contributed by atoms with Crippen LogP contribution in [0.5, 0.6) is 17.2 Å². The first kappa shape index (κ1) is 20.5. The van der Waals surface area contributed by atoms with E-state index in [1.807, 2.05) is 23.1 Å². The van der Waals surface area contributed by atoms with E-state index in [2.05, 4.69) is 11.0 Å². The molecule has 1 aliphatic heterocycles. The Morgan fingerprint density at radius 1 is 1.00 bits per heavy atom. The van der Waals surface area contributed by atoms with Gasteiger partial charge in [0.25, 0.3) is 5.91 Å². The minimum Gasteiger partial charge on any atom is -0.493 e. The second-order valence-electron chi connectivity index (χ2n) is 6.77. The zero-order valence-electron chi connectivity index (χ0n) is 16.8. The SMILES string of the molecule is COc1ccc(CN2CCN(C(=O)COc3ccc(C#N)cc3)CC2)cc1OC. The maximum Gasteiger partial charge on any atom is 0.260 e. The monoisotopic (exact) mass is 395 g/mol. The lowest BCUT2D eigenvalue weighted by molar-refractivity contribution is -0.135. The van der Waals surface area contributed by atoms with Crippen molar-refractivity contribution >= 4 is 5.91 Å². The molecular weight excluding hydrogens is 370 g/mol. The molecule has 7 nitrogen and oxygen atoms in total. The van der Waals surface area contributed by atoms with Crippen molar-refractivity contribution < 1.29 is 19.0 Å². The van der Waals surface area contributed by atoms with Gasteiger partial charge in [0.05, 0.1) is 25.9 Å². The van der Waals surface area contributed by atoms with Gasteiger partial charge in [-0.2, -0.15) is 5.26 Å². The molecule has 0 saturated carbocycles. The topological polar surface area (TPSA) is 75.0 Å². The van der Waals surface area contributed by atoms with Gasteiger partial charge >= 0.3 is 0 Å². The molecule has 0 aliphatic carbocycles. The highest BCUT2D eigenvalue weighted by Gasteiger charge is 2.21. The van der Waals surface area contributed by atoms with Crippen LogP contribution in [-0.4, -0.2) is 62.7 Å². The van der Waals surface area contributed by atoms with E-state index in [-0.39, 0.29) is 12.5 Å². The Bertz CT molecular complexity index is 869. The summed E-state index contributed by atoms with van der Waals surface area (Å²) in [4.78, 5) is 16.6. The van der Waals surface area contributed by atoms with Crippen molar-refractivity contribution in [1.29, 1.82) is 5.26 Å². The molecule has 0 N–H and O–H groups in total. The maximum absolute atomic E-state index is 12.4. The van der Waals surface area contributed by atoms with Gasteiger partial charge in [-0.25, -0.2) is 0 Å². The van der Waals surface area contributed by atoms with Crippen molar-refractivity contribution in [3.05, 3.63) is 53.6 Å². The van der Waals surface area contributed by atoms with E-state index in [9.17, 15) is 4.79 Å². The number of carbonyl (C=O) groups is 1. The Labute approximate surface area is 171 Å². The van der Waals surface area contributed by atoms with Crippen LogP contribution in [0.1, 0.15) is 11.1 Å². The number of hydrogen-bond donors (Lipinski definition) is 0. The third-order valence-electron chi connectivity index (χ3n) is 4.92. The van der Waals surface area contributed by atoms with Crippen molar-refractivity contribution in [2.75, 3.05) is 47.0 Å². The molecule has 2 aromatic rings. The lowest BCUT2D eigenvalue weighted by atomic mass is 10.1. The number of nitriles is 1. The molecule has 0 radical (unpaired) electrons. The first-order chi connectivity index (χ1) is 14.1. The number of nitrogens with zero attached hydrogens (tertiary/aromatic N) is 3. The summed E-state index contributed by atoms with van der Waals surface area (Å²) in [5, 5.41) is 8.81. The van der Waals surface area contributed by atoms with Crippen LogP contribution < -0.4 is 14.2 Å². The summed E-state index contributed by atoms with van der Waals surface area (Å²) in [5.41, 5.74) is 1.71. The summed E-state index contributed by atoms with van der Waals surface area (Å²) < 4.78 is 16.2. The summed E-state index contributed by atoms with van der Waals surface area (Å²) in [6.07, 6.45) is 0. The number of ether oxygens (including phenoxy) is 3. The van der Waals surface area contributed by atoms with E-state index in [0.717, 1.165) is 30.9 Å². The van der Waals surface area contributed by atoms with Crippen LogP contribution in [0.25, 0.3) is 0 Å². The zero-order valence-corrected chi connectivity index (χ0v) is 16.8. The number of benzene rings is 2. The van der Waals surface area contributed by atoms with E-state index < -0.39 is 0 Å². The number of piperazine rings is 1. The molecule has 1 heterocycles. The lowest BCUT2D eigenvalue weighted by Gasteiger charge is -2.34. The third kappa shape index (κ3) is 5.39. The molecule has 7 heteroatoms. The standard InChI is InChI=1S/C22H25N3O4/c1-27-20-8-5-18(13-21(20)28-2)15-24-9-11-25(12-10-24)22(26)16-29-19-6-3-17(14-23)4-7-19/h3-8,13H,9-12,15-16H2,1-2H3. The van der Waals surface area contributed by atoms with E-state index in [4.69, 9.17) is 19.5 Å². The second kappa shape index (κ2) is 9.80. The smallest absolute Gasteiger partial charge is 0.260 e. The Hall–Kier alpha value is -3.24. The van der Waals surface area contributed by atoms with Crippen molar-refractivity contribution in [2.45, 2.75) is 6.54 Å². The van der Waals surface area contributed by atoms with E-state index in [0.29, 0.717) is 30.2 Å². The fourth-order valence-electron chi connectivity index (χ4n) is 3.25. The van der Waals surface area contributed by atoms with Gasteiger partial charge < -0.3 is 19.1 Å². The normalized spacial score (nSPS) is 14.2. The Balaban J connectivity index is 1.46. The molecule has 0 atom stereocenters. The van der Waals surface area contributed by atoms with Crippen LogP contribution in [0.4, 0.5) is 0 Å². The van der Waals surface area contributed by atoms with Gasteiger partial charge in [-0.1, -0.05) is 6.07 Å². The Morgan fingerprint density at radius 2 is 1.69 bits per heavy atom. The van der Waals surface area contributed by atoms with Crippen molar-refractivity contribution in [3.63, 3.8) is 0 Å². The molecule has 1 saturated heterocycles. The summed E-state index contributed by atoms with van der Waals surface area (Å²) in [6.45, 7) is 3.74. The molecule has 3 rings (SSSR count). The van der Waals surface area contributed by atoms with Gasteiger partial charge in [-0.05, 0) is 42.0 Å². The first-order valence-corrected chi connectivity index (χ1v) is 9.47. The van der Waals surface area contributed by atoms with Gasteiger partial charge in [0.1, 0.15) is 5.75 Å². The summed E-state index contributed by atoms with van der Waals surface area (Å²) >= 11 is 0. The summed E-state index contributed by atoms with van der Waals surface area (Å²) in [7, 11) is 3.25. The maximum atomic E-state index is 12.4. The molecule has 1 fully saturated rings. The van der Waals surface area contributed by atoms with Crippen LogP contribution in [0.2, 0.25) is 0 Å². The van der Waals surface area contributed by atoms with Gasteiger partial charge in [-0.3, -0.25) is 9.69 Å². The highest BCUT2D eigenvalue weighted by molar-refractivity contribution is 5.77. The molecule has 0 bridgehead atoms. The molecule has 152 valence electrons. The molecule has 1 amide bonds. The number of hydrogen-bond acceptors (Lipinski definition) is 6. The zero-order chi connectivity index (χ0) is 20.6. The van der Waals surface area contributed by atoms with Crippen molar-refractivity contribution in [1.82, 2.24) is 9.80 Å². The van der Waals surface area contributed by atoms with Crippen LogP contribution in [0.3, 0.4) is 0 Å². The minimum absolute atomic E-state index is 0.00157. The largest absolute Gasteiger partial charge is 0.493 e. The summed E-state index contributed by atoms with van der Waals surface area (Å²) in [6, 6.07) is 14.7. The molecule has 0 unspecified atom stereocenters. The van der Waals surface area contributed by atoms with Crippen LogP contribution in [0.15, 0.2) is 42.5 Å². The quantitative estimate of drug-likeness (QED) is 0.716. The molecular formula is C22H25N3O4. The van der Waals surface area contributed by atoms with E-state index in [1.54, 1.807) is 38.5 Å².